The van der Waals surface area contributed by atoms with Crippen LogP contribution in [-0.2, 0) is 6.42 Å². The first kappa shape index (κ1) is 13.2. The number of nitrogens with one attached hydrogen (secondary N) is 1. The van der Waals surface area contributed by atoms with Crippen molar-refractivity contribution in [3.8, 4) is 5.75 Å². The van der Waals surface area contributed by atoms with Gasteiger partial charge in [0.25, 0.3) is 0 Å². The van der Waals surface area contributed by atoms with Crippen LogP contribution in [0.25, 0.3) is 0 Å². The van der Waals surface area contributed by atoms with Gasteiger partial charge in [0, 0.05) is 43.2 Å². The Bertz CT molecular complexity index is 455. The molecule has 3 atom stereocenters. The lowest BCUT2D eigenvalue weighted by Crippen LogP contribution is -2.55. The van der Waals surface area contributed by atoms with E-state index >= 15 is 0 Å². The van der Waals surface area contributed by atoms with Crippen molar-refractivity contribution in [3.05, 3.63) is 28.8 Å². The fraction of sp³-hybridized carbons (Fsp3) is 0.600. The van der Waals surface area contributed by atoms with Crippen molar-refractivity contribution < 1.29 is 4.74 Å². The van der Waals surface area contributed by atoms with E-state index in [-0.39, 0.29) is 6.10 Å². The second-order valence-corrected chi connectivity index (χ2v) is 6.32. The topological polar surface area (TPSA) is 24.5 Å². The summed E-state index contributed by atoms with van der Waals surface area (Å²) in [7, 11) is 0. The molecule has 4 heteroatoms. The van der Waals surface area contributed by atoms with Crippen LogP contribution in [0.3, 0.4) is 0 Å². The number of halogens is 1. The summed E-state index contributed by atoms with van der Waals surface area (Å²) in [6, 6.07) is 7.03. The predicted molar refractivity (Wildman–Crippen MR) is 78.1 cm³/mol. The minimum Gasteiger partial charge on any atom is -0.488 e. The van der Waals surface area contributed by atoms with E-state index in [1.807, 2.05) is 18.2 Å². The van der Waals surface area contributed by atoms with Crippen molar-refractivity contribution in [2.45, 2.75) is 38.5 Å². The van der Waals surface area contributed by atoms with Crippen LogP contribution in [0.5, 0.6) is 5.75 Å². The summed E-state index contributed by atoms with van der Waals surface area (Å²) in [5.74, 6) is 1.01. The Morgan fingerprint density at radius 1 is 1.32 bits per heavy atom. The normalized spacial score (nSPS) is 31.0. The van der Waals surface area contributed by atoms with Crippen LogP contribution in [0.15, 0.2) is 18.2 Å². The predicted octanol–water partition coefficient (Wildman–Crippen LogP) is 2.33. The maximum atomic E-state index is 6.03. The lowest BCUT2D eigenvalue weighted by Gasteiger charge is -2.37. The highest BCUT2D eigenvalue weighted by Gasteiger charge is 2.28. The summed E-state index contributed by atoms with van der Waals surface area (Å²) in [6.45, 7) is 7.69. The molecule has 1 saturated heterocycles. The molecule has 2 aliphatic rings. The fourth-order valence-electron chi connectivity index (χ4n) is 3.27. The molecule has 3 rings (SSSR count). The monoisotopic (exact) mass is 280 g/mol. The van der Waals surface area contributed by atoms with E-state index in [2.05, 4.69) is 24.1 Å². The Labute approximate surface area is 119 Å². The lowest BCUT2D eigenvalue weighted by atomic mass is 10.1. The Balaban J connectivity index is 1.61. The highest BCUT2D eigenvalue weighted by Crippen LogP contribution is 2.31. The number of piperazine rings is 1. The van der Waals surface area contributed by atoms with Gasteiger partial charge in [0.2, 0.25) is 0 Å². The molecule has 3 unspecified atom stereocenters. The Kier molecular flexibility index (Phi) is 3.70. The van der Waals surface area contributed by atoms with Gasteiger partial charge in [-0.3, -0.25) is 4.90 Å². The molecular formula is C15H21ClN2O. The summed E-state index contributed by atoms with van der Waals surface area (Å²) in [5.41, 5.74) is 1.24. The Morgan fingerprint density at radius 2 is 2.05 bits per heavy atom. The molecule has 0 amide bonds. The van der Waals surface area contributed by atoms with Crippen LogP contribution in [0, 0.1) is 0 Å². The van der Waals surface area contributed by atoms with Gasteiger partial charge < -0.3 is 10.1 Å². The van der Waals surface area contributed by atoms with Crippen LogP contribution in [0.4, 0.5) is 0 Å². The van der Waals surface area contributed by atoms with Crippen molar-refractivity contribution >= 4 is 11.6 Å². The van der Waals surface area contributed by atoms with Crippen LogP contribution in [0.1, 0.15) is 19.4 Å². The van der Waals surface area contributed by atoms with Crippen LogP contribution in [0.2, 0.25) is 5.02 Å². The number of rotatable bonds is 2. The first-order valence-electron chi connectivity index (χ1n) is 7.03. The van der Waals surface area contributed by atoms with Crippen molar-refractivity contribution in [2.75, 3.05) is 19.6 Å². The van der Waals surface area contributed by atoms with Crippen molar-refractivity contribution in [3.63, 3.8) is 0 Å². The third-order valence-electron chi connectivity index (χ3n) is 3.86. The Hall–Kier alpha value is -0.770. The average Bonchev–Trinajstić information content (AvgIpc) is 2.68. The van der Waals surface area contributed by atoms with Gasteiger partial charge in [-0.15, -0.1) is 0 Å². The van der Waals surface area contributed by atoms with Crippen LogP contribution < -0.4 is 10.1 Å². The molecule has 0 saturated carbocycles. The van der Waals surface area contributed by atoms with E-state index in [1.165, 1.54) is 5.56 Å². The minimum absolute atomic E-state index is 0.269. The summed E-state index contributed by atoms with van der Waals surface area (Å²) in [4.78, 5) is 2.50. The minimum atomic E-state index is 0.269. The zero-order valence-electron chi connectivity index (χ0n) is 11.5. The number of ether oxygens (including phenoxy) is 1. The maximum Gasteiger partial charge on any atom is 0.123 e. The largest absolute Gasteiger partial charge is 0.488 e. The molecule has 0 aromatic heterocycles. The van der Waals surface area contributed by atoms with Crippen molar-refractivity contribution in [1.82, 2.24) is 10.2 Å². The zero-order chi connectivity index (χ0) is 13.4. The number of hydrogen-bond donors (Lipinski definition) is 1. The molecule has 0 aliphatic carbocycles. The van der Waals surface area contributed by atoms with Gasteiger partial charge in [0.15, 0.2) is 0 Å². The second-order valence-electron chi connectivity index (χ2n) is 5.88. The summed E-state index contributed by atoms with van der Waals surface area (Å²) in [6.07, 6.45) is 1.24. The molecule has 2 heterocycles. The van der Waals surface area contributed by atoms with E-state index in [1.54, 1.807) is 0 Å². The van der Waals surface area contributed by atoms with E-state index in [4.69, 9.17) is 16.3 Å². The van der Waals surface area contributed by atoms with Gasteiger partial charge in [-0.25, -0.2) is 0 Å². The molecule has 1 fully saturated rings. The maximum absolute atomic E-state index is 6.03. The van der Waals surface area contributed by atoms with Gasteiger partial charge in [0.1, 0.15) is 11.9 Å². The second kappa shape index (κ2) is 5.31. The third kappa shape index (κ3) is 3.04. The van der Waals surface area contributed by atoms with Crippen LogP contribution >= 0.6 is 11.6 Å². The molecule has 0 spiro atoms. The molecule has 1 N–H and O–H groups in total. The van der Waals surface area contributed by atoms with E-state index in [0.29, 0.717) is 12.1 Å². The molecule has 104 valence electrons. The van der Waals surface area contributed by atoms with Crippen molar-refractivity contribution in [2.24, 2.45) is 0 Å². The van der Waals surface area contributed by atoms with Crippen LogP contribution in [-0.4, -0.2) is 42.7 Å². The number of benzene rings is 1. The molecule has 1 aromatic rings. The van der Waals surface area contributed by atoms with Crippen molar-refractivity contribution in [1.29, 1.82) is 0 Å². The smallest absolute Gasteiger partial charge is 0.123 e. The van der Waals surface area contributed by atoms with Gasteiger partial charge >= 0.3 is 0 Å². The first-order chi connectivity index (χ1) is 9.10. The molecule has 2 aliphatic heterocycles. The molecular weight excluding hydrogens is 260 g/mol. The standard InChI is InChI=1S/C15H21ClN2O/c1-10-7-18(8-11(2)17-10)9-14-6-12-5-13(16)3-4-15(12)19-14/h3-5,10-11,14,17H,6-9H2,1-2H3. The molecule has 0 radical (unpaired) electrons. The molecule has 0 bridgehead atoms. The first-order valence-corrected chi connectivity index (χ1v) is 7.41. The average molecular weight is 281 g/mol. The van der Waals surface area contributed by atoms with Gasteiger partial charge in [0.05, 0.1) is 0 Å². The molecule has 1 aromatic carbocycles. The number of fused-ring (bicyclic) bond motifs is 1. The lowest BCUT2D eigenvalue weighted by molar-refractivity contribution is 0.111. The summed E-state index contributed by atoms with van der Waals surface area (Å²) >= 11 is 6.03. The molecule has 3 nitrogen and oxygen atoms in total. The number of nitrogens with zero attached hydrogens (tertiary/aromatic N) is 1. The zero-order valence-corrected chi connectivity index (χ0v) is 12.3. The quantitative estimate of drug-likeness (QED) is 0.900. The van der Waals surface area contributed by atoms with E-state index in [0.717, 1.165) is 36.8 Å². The Morgan fingerprint density at radius 3 is 2.79 bits per heavy atom. The highest BCUT2D eigenvalue weighted by atomic mass is 35.5. The SMILES string of the molecule is CC1CN(CC2Cc3cc(Cl)ccc3O2)CC(C)N1. The summed E-state index contributed by atoms with van der Waals surface area (Å²) < 4.78 is 6.01. The highest BCUT2D eigenvalue weighted by molar-refractivity contribution is 6.30. The molecule has 19 heavy (non-hydrogen) atoms. The third-order valence-corrected chi connectivity index (χ3v) is 4.09. The number of hydrogen-bond acceptors (Lipinski definition) is 3. The van der Waals surface area contributed by atoms with Gasteiger partial charge in [-0.05, 0) is 37.6 Å². The van der Waals surface area contributed by atoms with Gasteiger partial charge in [-0.2, -0.15) is 0 Å². The fourth-order valence-corrected chi connectivity index (χ4v) is 3.46. The van der Waals surface area contributed by atoms with E-state index in [9.17, 15) is 0 Å². The van der Waals surface area contributed by atoms with E-state index < -0.39 is 0 Å². The summed E-state index contributed by atoms with van der Waals surface area (Å²) in [5, 5.41) is 4.36. The van der Waals surface area contributed by atoms with Gasteiger partial charge in [-0.1, -0.05) is 11.6 Å².